The summed E-state index contributed by atoms with van der Waals surface area (Å²) in [6.45, 7) is 0. The van der Waals surface area contributed by atoms with Crippen LogP contribution >= 0.6 is 58.2 Å². The van der Waals surface area contributed by atoms with E-state index >= 15 is 0 Å². The van der Waals surface area contributed by atoms with Crippen LogP contribution in [0.1, 0.15) is 5.56 Å². The second-order valence-corrected chi connectivity index (χ2v) is 8.99. The lowest BCUT2D eigenvalue weighted by Gasteiger charge is -2.15. The SMILES string of the molecule is O=C1/C(=C/c2ccc(Cl)cc2Cl)SC(=Nc2ccc(Cl)cc2)N1c1ccc(Cl)cc1. The Labute approximate surface area is 197 Å². The second kappa shape index (κ2) is 9.04. The minimum atomic E-state index is -0.207. The molecule has 30 heavy (non-hydrogen) atoms. The summed E-state index contributed by atoms with van der Waals surface area (Å²) in [7, 11) is 0. The van der Waals surface area contributed by atoms with E-state index in [-0.39, 0.29) is 5.91 Å². The van der Waals surface area contributed by atoms with E-state index in [1.807, 2.05) is 0 Å². The molecular formula is C22H12Cl4N2OS. The number of aliphatic imine (C=N–C) groups is 1. The summed E-state index contributed by atoms with van der Waals surface area (Å²) in [4.78, 5) is 20.0. The first-order valence-corrected chi connectivity index (χ1v) is 11.0. The van der Waals surface area contributed by atoms with E-state index in [1.165, 1.54) is 11.8 Å². The fourth-order valence-corrected chi connectivity index (χ4v) is 4.46. The van der Waals surface area contributed by atoms with Crippen LogP contribution < -0.4 is 4.90 Å². The maximum Gasteiger partial charge on any atom is 0.271 e. The Morgan fingerprint density at radius 3 is 2.03 bits per heavy atom. The molecule has 0 unspecified atom stereocenters. The molecule has 0 bridgehead atoms. The van der Waals surface area contributed by atoms with Crippen molar-refractivity contribution in [2.75, 3.05) is 4.90 Å². The fourth-order valence-electron chi connectivity index (χ4n) is 2.75. The zero-order valence-corrected chi connectivity index (χ0v) is 19.0. The topological polar surface area (TPSA) is 32.7 Å². The highest BCUT2D eigenvalue weighted by Crippen LogP contribution is 2.38. The molecule has 1 amide bonds. The minimum absolute atomic E-state index is 0.207. The second-order valence-electron chi connectivity index (χ2n) is 6.26. The van der Waals surface area contributed by atoms with Gasteiger partial charge in [0.1, 0.15) is 0 Å². The molecule has 150 valence electrons. The lowest BCUT2D eigenvalue weighted by atomic mass is 10.2. The number of nitrogens with zero attached hydrogens (tertiary/aromatic N) is 2. The number of amidine groups is 1. The van der Waals surface area contributed by atoms with Crippen LogP contribution in [0.15, 0.2) is 76.6 Å². The van der Waals surface area contributed by atoms with Gasteiger partial charge in [0, 0.05) is 20.1 Å². The summed E-state index contributed by atoms with van der Waals surface area (Å²) in [5.41, 5.74) is 2.04. The number of hydrogen-bond acceptors (Lipinski definition) is 3. The molecule has 3 aromatic rings. The van der Waals surface area contributed by atoms with E-state index < -0.39 is 0 Å². The highest BCUT2D eigenvalue weighted by atomic mass is 35.5. The Kier molecular flexibility index (Phi) is 6.42. The molecule has 1 saturated heterocycles. The maximum absolute atomic E-state index is 13.3. The highest BCUT2D eigenvalue weighted by Gasteiger charge is 2.34. The maximum atomic E-state index is 13.3. The number of anilines is 1. The molecule has 0 aliphatic carbocycles. The zero-order valence-electron chi connectivity index (χ0n) is 15.2. The number of thioether (sulfide) groups is 1. The first-order chi connectivity index (χ1) is 14.4. The van der Waals surface area contributed by atoms with Crippen molar-refractivity contribution in [2.45, 2.75) is 0 Å². The average molecular weight is 494 g/mol. The summed E-state index contributed by atoms with van der Waals surface area (Å²) in [6.07, 6.45) is 1.74. The van der Waals surface area contributed by atoms with E-state index in [0.29, 0.717) is 47.1 Å². The highest BCUT2D eigenvalue weighted by molar-refractivity contribution is 8.19. The van der Waals surface area contributed by atoms with Crippen LogP contribution in [0, 0.1) is 0 Å². The monoisotopic (exact) mass is 492 g/mol. The van der Waals surface area contributed by atoms with Gasteiger partial charge in [-0.2, -0.15) is 0 Å². The molecule has 0 aromatic heterocycles. The van der Waals surface area contributed by atoms with Gasteiger partial charge >= 0.3 is 0 Å². The summed E-state index contributed by atoms with van der Waals surface area (Å²) in [5, 5.41) is 2.70. The lowest BCUT2D eigenvalue weighted by molar-refractivity contribution is -0.113. The van der Waals surface area contributed by atoms with Crippen molar-refractivity contribution in [3.63, 3.8) is 0 Å². The van der Waals surface area contributed by atoms with E-state index in [1.54, 1.807) is 77.7 Å². The Balaban J connectivity index is 1.78. The Morgan fingerprint density at radius 2 is 1.40 bits per heavy atom. The molecule has 0 atom stereocenters. The predicted molar refractivity (Wildman–Crippen MR) is 130 cm³/mol. The number of halogens is 4. The van der Waals surface area contributed by atoms with Crippen LogP contribution in [0.3, 0.4) is 0 Å². The minimum Gasteiger partial charge on any atom is -0.268 e. The quantitative estimate of drug-likeness (QED) is 0.345. The van der Waals surface area contributed by atoms with E-state index in [2.05, 4.69) is 4.99 Å². The van der Waals surface area contributed by atoms with Gasteiger partial charge in [-0.1, -0.05) is 52.5 Å². The molecule has 1 fully saturated rings. The van der Waals surface area contributed by atoms with Crippen molar-refractivity contribution in [3.8, 4) is 0 Å². The van der Waals surface area contributed by atoms with Crippen molar-refractivity contribution >= 4 is 86.7 Å². The predicted octanol–water partition coefficient (Wildman–Crippen LogP) is 8.11. The summed E-state index contributed by atoms with van der Waals surface area (Å²) in [6, 6.07) is 19.2. The molecule has 3 aromatic carbocycles. The lowest BCUT2D eigenvalue weighted by Crippen LogP contribution is -2.28. The number of hydrogen-bond donors (Lipinski definition) is 0. The van der Waals surface area contributed by atoms with Gasteiger partial charge in [0.2, 0.25) is 0 Å². The molecule has 0 spiro atoms. The van der Waals surface area contributed by atoms with Gasteiger partial charge in [0.15, 0.2) is 5.17 Å². The molecule has 1 aliphatic rings. The summed E-state index contributed by atoms with van der Waals surface area (Å²) >= 11 is 25.5. The smallest absolute Gasteiger partial charge is 0.268 e. The van der Waals surface area contributed by atoms with Crippen molar-refractivity contribution < 1.29 is 4.79 Å². The van der Waals surface area contributed by atoms with Crippen LogP contribution in [0.25, 0.3) is 6.08 Å². The molecule has 1 aliphatic heterocycles. The van der Waals surface area contributed by atoms with Crippen molar-refractivity contribution in [1.82, 2.24) is 0 Å². The molecule has 8 heteroatoms. The van der Waals surface area contributed by atoms with Gasteiger partial charge in [-0.05, 0) is 84.1 Å². The van der Waals surface area contributed by atoms with Gasteiger partial charge in [-0.3, -0.25) is 9.69 Å². The molecule has 1 heterocycles. The van der Waals surface area contributed by atoms with Crippen LogP contribution in [0.2, 0.25) is 20.1 Å². The number of benzene rings is 3. The number of carbonyl (C=O) groups is 1. The zero-order chi connectivity index (χ0) is 21.3. The molecule has 4 rings (SSSR count). The summed E-state index contributed by atoms with van der Waals surface area (Å²) in [5.74, 6) is -0.207. The van der Waals surface area contributed by atoms with Gasteiger partial charge in [0.05, 0.1) is 16.3 Å². The van der Waals surface area contributed by atoms with Crippen LogP contribution in [-0.4, -0.2) is 11.1 Å². The Hall–Kier alpha value is -1.95. The van der Waals surface area contributed by atoms with E-state index in [4.69, 9.17) is 46.4 Å². The standard InChI is InChI=1S/C22H12Cl4N2OS/c23-14-3-7-17(8-4-14)27-22-28(18-9-5-15(24)6-10-18)21(29)20(30-22)11-13-1-2-16(25)12-19(13)26/h1-12H/b20-11-,27-22?. The van der Waals surface area contributed by atoms with E-state index in [0.717, 1.165) is 0 Å². The Morgan fingerprint density at radius 1 is 0.800 bits per heavy atom. The normalized spacial score (nSPS) is 16.7. The molecule has 0 N–H and O–H groups in total. The summed E-state index contributed by atoms with van der Waals surface area (Å²) < 4.78 is 0. The third-order valence-corrected chi connectivity index (χ3v) is 6.23. The molecule has 0 saturated carbocycles. The third-order valence-electron chi connectivity index (χ3n) is 4.19. The molecule has 0 radical (unpaired) electrons. The van der Waals surface area contributed by atoms with Crippen molar-refractivity contribution in [3.05, 3.63) is 97.3 Å². The average Bonchev–Trinajstić information content (AvgIpc) is 3.01. The number of rotatable bonds is 3. The first kappa shape index (κ1) is 21.3. The third kappa shape index (κ3) is 4.69. The van der Waals surface area contributed by atoms with E-state index in [9.17, 15) is 4.79 Å². The van der Waals surface area contributed by atoms with Crippen LogP contribution in [0.4, 0.5) is 11.4 Å². The van der Waals surface area contributed by atoms with Crippen molar-refractivity contribution in [2.24, 2.45) is 4.99 Å². The van der Waals surface area contributed by atoms with Gasteiger partial charge in [-0.15, -0.1) is 0 Å². The fraction of sp³-hybridized carbons (Fsp3) is 0. The van der Waals surface area contributed by atoms with Gasteiger partial charge in [-0.25, -0.2) is 4.99 Å². The largest absolute Gasteiger partial charge is 0.271 e. The van der Waals surface area contributed by atoms with Gasteiger partial charge in [0.25, 0.3) is 5.91 Å². The van der Waals surface area contributed by atoms with Crippen molar-refractivity contribution in [1.29, 1.82) is 0 Å². The number of carbonyl (C=O) groups excluding carboxylic acids is 1. The number of amides is 1. The molecular weight excluding hydrogens is 482 g/mol. The van der Waals surface area contributed by atoms with Gasteiger partial charge < -0.3 is 0 Å². The first-order valence-electron chi connectivity index (χ1n) is 8.69. The van der Waals surface area contributed by atoms with Crippen LogP contribution in [-0.2, 0) is 4.79 Å². The van der Waals surface area contributed by atoms with Crippen LogP contribution in [0.5, 0.6) is 0 Å². The Bertz CT molecular complexity index is 1170. The molecule has 3 nitrogen and oxygen atoms in total.